The Morgan fingerprint density at radius 3 is 2.53 bits per heavy atom. The van der Waals surface area contributed by atoms with Crippen molar-refractivity contribution >= 4 is 11.6 Å². The summed E-state index contributed by atoms with van der Waals surface area (Å²) in [7, 11) is 3.27. The van der Waals surface area contributed by atoms with Gasteiger partial charge in [-0.25, -0.2) is 0 Å². The van der Waals surface area contributed by atoms with Crippen LogP contribution in [-0.4, -0.2) is 26.1 Å². The molecule has 0 amide bonds. The highest BCUT2D eigenvalue weighted by molar-refractivity contribution is 6.20. The summed E-state index contributed by atoms with van der Waals surface area (Å²) in [6.45, 7) is 3.67. The van der Waals surface area contributed by atoms with Gasteiger partial charge >= 0.3 is 0 Å². The summed E-state index contributed by atoms with van der Waals surface area (Å²) in [5.41, 5.74) is 1.16. The molecule has 0 aliphatic rings. The van der Waals surface area contributed by atoms with E-state index in [9.17, 15) is 0 Å². The number of methoxy groups -OCH3 is 2. The highest BCUT2D eigenvalue weighted by Gasteiger charge is 2.05. The maximum Gasteiger partial charge on any atom is 0.161 e. The second-order valence-electron chi connectivity index (χ2n) is 3.83. The van der Waals surface area contributed by atoms with E-state index in [2.05, 4.69) is 12.2 Å². The number of nitrogens with one attached hydrogen (secondary N) is 1. The van der Waals surface area contributed by atoms with Gasteiger partial charge in [0.2, 0.25) is 0 Å². The minimum atomic E-state index is 0.190. The molecular formula is C13H20ClNO2. The molecule has 0 saturated heterocycles. The van der Waals surface area contributed by atoms with Crippen molar-refractivity contribution in [3.05, 3.63) is 23.8 Å². The molecule has 0 radical (unpaired) electrons. The Morgan fingerprint density at radius 1 is 1.24 bits per heavy atom. The lowest BCUT2D eigenvalue weighted by atomic mass is 10.2. The van der Waals surface area contributed by atoms with Gasteiger partial charge in [0.1, 0.15) is 0 Å². The Balaban J connectivity index is 2.54. The lowest BCUT2D eigenvalue weighted by molar-refractivity contribution is 0.354. The molecular weight excluding hydrogens is 238 g/mol. The van der Waals surface area contributed by atoms with E-state index < -0.39 is 0 Å². The second-order valence-corrected chi connectivity index (χ2v) is 4.44. The van der Waals surface area contributed by atoms with Gasteiger partial charge in [0.15, 0.2) is 11.5 Å². The van der Waals surface area contributed by atoms with Crippen molar-refractivity contribution in [2.24, 2.45) is 0 Å². The van der Waals surface area contributed by atoms with Crippen LogP contribution in [0.25, 0.3) is 0 Å². The summed E-state index contributed by atoms with van der Waals surface area (Å²) in [4.78, 5) is 0. The van der Waals surface area contributed by atoms with Crippen LogP contribution in [0.15, 0.2) is 18.2 Å². The number of hydrogen-bond acceptors (Lipinski definition) is 3. The molecule has 17 heavy (non-hydrogen) atoms. The number of hydrogen-bond donors (Lipinski definition) is 1. The van der Waals surface area contributed by atoms with E-state index >= 15 is 0 Å². The summed E-state index contributed by atoms with van der Waals surface area (Å²) in [5.74, 6) is 1.50. The average molecular weight is 258 g/mol. The first-order chi connectivity index (χ1) is 8.21. The molecule has 0 fully saturated rings. The molecule has 0 bridgehead atoms. The van der Waals surface area contributed by atoms with E-state index in [1.807, 2.05) is 18.2 Å². The summed E-state index contributed by atoms with van der Waals surface area (Å²) in [5, 5.41) is 3.50. The van der Waals surface area contributed by atoms with Crippen molar-refractivity contribution < 1.29 is 9.47 Å². The minimum absolute atomic E-state index is 0.190. The van der Waals surface area contributed by atoms with Crippen molar-refractivity contribution in [3.8, 4) is 11.5 Å². The predicted molar refractivity (Wildman–Crippen MR) is 71.2 cm³/mol. The van der Waals surface area contributed by atoms with E-state index in [4.69, 9.17) is 21.1 Å². The number of benzene rings is 1. The molecule has 1 N–H and O–H groups in total. The van der Waals surface area contributed by atoms with E-state index in [-0.39, 0.29) is 5.38 Å². The van der Waals surface area contributed by atoms with Crippen LogP contribution < -0.4 is 14.8 Å². The fraction of sp³-hybridized carbons (Fsp3) is 0.538. The zero-order chi connectivity index (χ0) is 12.7. The molecule has 1 rings (SSSR count). The summed E-state index contributed by atoms with van der Waals surface area (Å²) in [6, 6.07) is 5.90. The Morgan fingerprint density at radius 2 is 1.94 bits per heavy atom. The number of ether oxygens (including phenoxy) is 2. The van der Waals surface area contributed by atoms with E-state index in [1.165, 1.54) is 0 Å². The van der Waals surface area contributed by atoms with Crippen LogP contribution in [0.5, 0.6) is 11.5 Å². The molecule has 0 aliphatic carbocycles. The second kappa shape index (κ2) is 7.41. The van der Waals surface area contributed by atoms with Gasteiger partial charge in [0, 0.05) is 18.5 Å². The summed E-state index contributed by atoms with van der Waals surface area (Å²) in [6.07, 6.45) is 0.973. The molecule has 0 aromatic heterocycles. The topological polar surface area (TPSA) is 30.5 Å². The maximum atomic E-state index is 6.03. The zero-order valence-corrected chi connectivity index (χ0v) is 11.4. The van der Waals surface area contributed by atoms with Gasteiger partial charge < -0.3 is 14.8 Å². The highest BCUT2D eigenvalue weighted by Crippen LogP contribution is 2.27. The molecule has 1 atom stereocenters. The Hall–Kier alpha value is -0.930. The minimum Gasteiger partial charge on any atom is -0.493 e. The number of rotatable bonds is 7. The van der Waals surface area contributed by atoms with Crippen LogP contribution in [0.4, 0.5) is 0 Å². The average Bonchev–Trinajstić information content (AvgIpc) is 2.38. The molecule has 1 aromatic carbocycles. The quantitative estimate of drug-likeness (QED) is 0.762. The smallest absolute Gasteiger partial charge is 0.161 e. The van der Waals surface area contributed by atoms with Crippen molar-refractivity contribution in [1.82, 2.24) is 5.32 Å². The van der Waals surface area contributed by atoms with Crippen molar-refractivity contribution in [2.45, 2.75) is 25.3 Å². The number of alkyl halides is 1. The molecule has 96 valence electrons. The van der Waals surface area contributed by atoms with Gasteiger partial charge in [0.25, 0.3) is 0 Å². The Kier molecular flexibility index (Phi) is 6.16. The molecule has 1 aromatic rings. The van der Waals surface area contributed by atoms with E-state index in [0.717, 1.165) is 36.6 Å². The fourth-order valence-electron chi connectivity index (χ4n) is 1.51. The normalized spacial score (nSPS) is 12.2. The van der Waals surface area contributed by atoms with Crippen LogP contribution in [0, 0.1) is 0 Å². The van der Waals surface area contributed by atoms with E-state index in [1.54, 1.807) is 14.2 Å². The third kappa shape index (κ3) is 4.44. The first-order valence-electron chi connectivity index (χ1n) is 5.77. The maximum absolute atomic E-state index is 6.03. The molecule has 0 saturated carbocycles. The number of halogens is 1. The molecule has 0 spiro atoms. The van der Waals surface area contributed by atoms with Crippen LogP contribution in [-0.2, 0) is 6.54 Å². The Bertz CT molecular complexity index is 344. The third-order valence-corrected chi connectivity index (χ3v) is 3.05. The predicted octanol–water partition coefficient (Wildman–Crippen LogP) is 2.81. The summed E-state index contributed by atoms with van der Waals surface area (Å²) >= 11 is 6.03. The van der Waals surface area contributed by atoms with Gasteiger partial charge in [-0.1, -0.05) is 13.0 Å². The molecule has 0 heterocycles. The highest BCUT2D eigenvalue weighted by atomic mass is 35.5. The van der Waals surface area contributed by atoms with Crippen molar-refractivity contribution in [1.29, 1.82) is 0 Å². The molecule has 3 nitrogen and oxygen atoms in total. The first kappa shape index (κ1) is 14.1. The van der Waals surface area contributed by atoms with Crippen LogP contribution in [0.2, 0.25) is 0 Å². The molecule has 0 aliphatic heterocycles. The fourth-order valence-corrected chi connectivity index (χ4v) is 1.62. The van der Waals surface area contributed by atoms with Crippen molar-refractivity contribution in [2.75, 3.05) is 20.8 Å². The monoisotopic (exact) mass is 257 g/mol. The first-order valence-corrected chi connectivity index (χ1v) is 6.20. The lowest BCUT2D eigenvalue weighted by Gasteiger charge is -2.11. The SMILES string of the molecule is CCC(Cl)CNCc1ccc(OC)c(OC)c1. The van der Waals surface area contributed by atoms with Gasteiger partial charge in [-0.2, -0.15) is 0 Å². The lowest BCUT2D eigenvalue weighted by Crippen LogP contribution is -2.22. The van der Waals surface area contributed by atoms with E-state index in [0.29, 0.717) is 0 Å². The summed E-state index contributed by atoms with van der Waals surface area (Å²) < 4.78 is 10.4. The standard InChI is InChI=1S/C13H20ClNO2/c1-4-11(14)9-15-8-10-5-6-12(16-2)13(7-10)17-3/h5-7,11,15H,4,8-9H2,1-3H3. The molecule has 1 unspecified atom stereocenters. The Labute approximate surface area is 108 Å². The largest absolute Gasteiger partial charge is 0.493 e. The third-order valence-electron chi connectivity index (χ3n) is 2.59. The van der Waals surface area contributed by atoms with Crippen LogP contribution >= 0.6 is 11.6 Å². The van der Waals surface area contributed by atoms with Gasteiger partial charge in [0.05, 0.1) is 14.2 Å². The van der Waals surface area contributed by atoms with Gasteiger partial charge in [-0.05, 0) is 24.1 Å². The van der Waals surface area contributed by atoms with Gasteiger partial charge in [-0.3, -0.25) is 0 Å². The van der Waals surface area contributed by atoms with Crippen molar-refractivity contribution in [3.63, 3.8) is 0 Å². The zero-order valence-electron chi connectivity index (χ0n) is 10.6. The van der Waals surface area contributed by atoms with Crippen LogP contribution in [0.1, 0.15) is 18.9 Å². The van der Waals surface area contributed by atoms with Crippen LogP contribution in [0.3, 0.4) is 0 Å². The molecule has 4 heteroatoms. The van der Waals surface area contributed by atoms with Gasteiger partial charge in [-0.15, -0.1) is 11.6 Å².